The lowest BCUT2D eigenvalue weighted by Gasteiger charge is -2.29. The summed E-state index contributed by atoms with van der Waals surface area (Å²) < 4.78 is 7.67. The summed E-state index contributed by atoms with van der Waals surface area (Å²) in [7, 11) is 0. The van der Waals surface area contributed by atoms with Gasteiger partial charge >= 0.3 is 0 Å². The first-order valence-corrected chi connectivity index (χ1v) is 12.0. The van der Waals surface area contributed by atoms with Gasteiger partial charge in [0.25, 0.3) is 5.91 Å². The number of fused-ring (bicyclic) bond motifs is 2. The predicted octanol–water partition coefficient (Wildman–Crippen LogP) is 3.62. The van der Waals surface area contributed by atoms with Crippen LogP contribution < -0.4 is 15.0 Å². The molecule has 5 rings (SSSR count). The monoisotopic (exact) mass is 467 g/mol. The Morgan fingerprint density at radius 2 is 2.12 bits per heavy atom. The van der Waals surface area contributed by atoms with Crippen LogP contribution in [-0.2, 0) is 13.0 Å². The maximum Gasteiger partial charge on any atom is 0.263 e. The Hall–Kier alpha value is -2.91. The van der Waals surface area contributed by atoms with Crippen LogP contribution in [0.4, 0.5) is 10.8 Å². The van der Waals surface area contributed by atoms with E-state index >= 15 is 0 Å². The van der Waals surface area contributed by atoms with E-state index in [4.69, 9.17) is 9.72 Å². The third-order valence-corrected chi connectivity index (χ3v) is 6.95. The van der Waals surface area contributed by atoms with Gasteiger partial charge in [-0.15, -0.1) is 0 Å². The summed E-state index contributed by atoms with van der Waals surface area (Å²) in [6.07, 6.45) is 4.50. The number of carbonyl (C=O) groups excluding carboxylic acids is 1. The first-order valence-electron chi connectivity index (χ1n) is 11.2. The zero-order chi connectivity index (χ0) is 23.4. The molecule has 0 fully saturated rings. The van der Waals surface area contributed by atoms with Crippen LogP contribution in [0.15, 0.2) is 30.6 Å². The van der Waals surface area contributed by atoms with Crippen molar-refractivity contribution in [1.29, 1.82) is 0 Å². The number of anilines is 2. The molecule has 4 heterocycles. The molecule has 8 nitrogen and oxygen atoms in total. The highest BCUT2D eigenvalue weighted by molar-refractivity contribution is 7.17. The third-order valence-electron chi connectivity index (χ3n) is 5.83. The maximum atomic E-state index is 12.7. The summed E-state index contributed by atoms with van der Waals surface area (Å²) >= 11 is 1.44. The third kappa shape index (κ3) is 4.47. The summed E-state index contributed by atoms with van der Waals surface area (Å²) in [5, 5.41) is 18.3. The van der Waals surface area contributed by atoms with Crippen LogP contribution in [0.5, 0.6) is 5.75 Å². The van der Waals surface area contributed by atoms with Crippen LogP contribution in [-0.4, -0.2) is 51.1 Å². The van der Waals surface area contributed by atoms with Gasteiger partial charge in [0.1, 0.15) is 17.2 Å². The Balaban J connectivity index is 1.49. The van der Waals surface area contributed by atoms with Gasteiger partial charge in [0.2, 0.25) is 0 Å². The number of hydrogen-bond acceptors (Lipinski definition) is 7. The van der Waals surface area contributed by atoms with Gasteiger partial charge in [-0.2, -0.15) is 5.10 Å². The summed E-state index contributed by atoms with van der Waals surface area (Å²) in [6.45, 7) is 10.1. The summed E-state index contributed by atoms with van der Waals surface area (Å²) in [5.74, 6) is 0.754. The molecule has 0 radical (unpaired) electrons. The lowest BCUT2D eigenvalue weighted by Crippen LogP contribution is -2.32. The molecule has 3 aromatic rings. The number of aliphatic hydroxyl groups is 1. The molecule has 0 bridgehead atoms. The molecule has 0 saturated carbocycles. The Kier molecular flexibility index (Phi) is 5.21. The summed E-state index contributed by atoms with van der Waals surface area (Å²) in [5.41, 5.74) is 2.88. The molecule has 0 aliphatic carbocycles. The molecule has 0 unspecified atom stereocenters. The van der Waals surface area contributed by atoms with Gasteiger partial charge in [-0.05, 0) is 43.4 Å². The van der Waals surface area contributed by atoms with Crippen LogP contribution in [0, 0.1) is 5.41 Å². The molecule has 2 aliphatic rings. The van der Waals surface area contributed by atoms with Crippen molar-refractivity contribution in [3.05, 3.63) is 41.2 Å². The number of benzene rings is 1. The van der Waals surface area contributed by atoms with E-state index in [0.717, 1.165) is 39.8 Å². The Labute approximate surface area is 197 Å². The van der Waals surface area contributed by atoms with Crippen molar-refractivity contribution in [1.82, 2.24) is 20.1 Å². The average Bonchev–Trinajstić information content (AvgIpc) is 3.34. The molecule has 33 heavy (non-hydrogen) atoms. The Morgan fingerprint density at radius 3 is 2.91 bits per heavy atom. The molecule has 2 N–H and O–H groups in total. The minimum Gasteiger partial charge on any atom is -0.490 e. The molecular formula is C24H29N5O3S. The molecular weight excluding hydrogens is 438 g/mol. The first kappa shape index (κ1) is 21.9. The smallest absolute Gasteiger partial charge is 0.263 e. The number of aromatic nitrogens is 3. The Bertz CT molecular complexity index is 1210. The second kappa shape index (κ2) is 7.85. The highest BCUT2D eigenvalue weighted by Gasteiger charge is 2.32. The van der Waals surface area contributed by atoms with Crippen LogP contribution in [0.3, 0.4) is 0 Å². The fourth-order valence-corrected chi connectivity index (χ4v) is 5.30. The van der Waals surface area contributed by atoms with Crippen molar-refractivity contribution in [2.75, 3.05) is 24.6 Å². The van der Waals surface area contributed by atoms with Crippen molar-refractivity contribution < 1.29 is 14.6 Å². The zero-order valence-electron chi connectivity index (χ0n) is 19.4. The van der Waals surface area contributed by atoms with Crippen LogP contribution >= 0.6 is 11.3 Å². The van der Waals surface area contributed by atoms with E-state index in [2.05, 4.69) is 35.2 Å². The predicted molar refractivity (Wildman–Crippen MR) is 128 cm³/mol. The quantitative estimate of drug-likeness (QED) is 0.609. The van der Waals surface area contributed by atoms with Crippen LogP contribution in [0.2, 0.25) is 0 Å². The summed E-state index contributed by atoms with van der Waals surface area (Å²) in [6, 6.07) is 6.07. The molecule has 1 aromatic carbocycles. The number of hydrogen-bond donors (Lipinski definition) is 2. The number of thiazole rings is 1. The van der Waals surface area contributed by atoms with E-state index < -0.39 is 5.60 Å². The molecule has 0 spiro atoms. The van der Waals surface area contributed by atoms with Crippen LogP contribution in [0.1, 0.15) is 43.1 Å². The largest absolute Gasteiger partial charge is 0.490 e. The zero-order valence-corrected chi connectivity index (χ0v) is 20.2. The SMILES string of the molecule is CC(C)(O)Cn1cc(-c2ccc3c(c2)N(c2nc4c(s2)C(=O)NCC(C)(C)C4)CCO3)cn1. The van der Waals surface area contributed by atoms with Gasteiger partial charge in [0.15, 0.2) is 5.13 Å². The van der Waals surface area contributed by atoms with Gasteiger partial charge in [0.05, 0.1) is 36.3 Å². The van der Waals surface area contributed by atoms with Gasteiger partial charge < -0.3 is 20.1 Å². The van der Waals surface area contributed by atoms with Crippen molar-refractivity contribution in [3.63, 3.8) is 0 Å². The molecule has 2 aromatic heterocycles. The fraction of sp³-hybridized carbons (Fsp3) is 0.458. The van der Waals surface area contributed by atoms with Crippen molar-refractivity contribution in [2.24, 2.45) is 5.41 Å². The normalized spacial score (nSPS) is 17.6. The first-order chi connectivity index (χ1) is 15.6. The van der Waals surface area contributed by atoms with Crippen molar-refractivity contribution in [3.8, 4) is 16.9 Å². The number of rotatable bonds is 4. The number of nitrogens with zero attached hydrogens (tertiary/aromatic N) is 4. The lowest BCUT2D eigenvalue weighted by molar-refractivity contribution is 0.0577. The standard InChI is InChI=1S/C24H29N5O3S/c1-23(2)10-17-20(21(30)25-13-23)33-22(27-17)29-7-8-32-19-6-5-15(9-18(19)29)16-11-26-28(12-16)14-24(3,4)31/h5-6,9,11-12,31H,7-8,10,13-14H2,1-4H3,(H,25,30). The minimum atomic E-state index is -0.840. The Morgan fingerprint density at radius 1 is 1.30 bits per heavy atom. The number of amides is 1. The molecule has 2 aliphatic heterocycles. The van der Waals surface area contributed by atoms with Gasteiger partial charge in [-0.25, -0.2) is 4.98 Å². The van der Waals surface area contributed by atoms with Gasteiger partial charge in [-0.3, -0.25) is 9.48 Å². The number of ether oxygens (including phenoxy) is 1. The second-order valence-corrected chi connectivity index (χ2v) is 11.2. The van der Waals surface area contributed by atoms with Crippen molar-refractivity contribution in [2.45, 2.75) is 46.3 Å². The minimum absolute atomic E-state index is 0.0361. The molecule has 174 valence electrons. The lowest BCUT2D eigenvalue weighted by atomic mass is 9.88. The second-order valence-electron chi connectivity index (χ2n) is 10.2. The summed E-state index contributed by atoms with van der Waals surface area (Å²) in [4.78, 5) is 20.4. The number of nitrogens with one attached hydrogen (secondary N) is 1. The fourth-order valence-electron chi connectivity index (χ4n) is 4.26. The molecule has 9 heteroatoms. The molecule has 0 saturated heterocycles. The highest BCUT2D eigenvalue weighted by Crippen LogP contribution is 2.42. The maximum absolute atomic E-state index is 12.7. The van der Waals surface area contributed by atoms with E-state index in [1.165, 1.54) is 11.3 Å². The van der Waals surface area contributed by atoms with E-state index in [0.29, 0.717) is 31.1 Å². The van der Waals surface area contributed by atoms with E-state index in [9.17, 15) is 9.90 Å². The van der Waals surface area contributed by atoms with E-state index in [1.54, 1.807) is 24.7 Å². The van der Waals surface area contributed by atoms with Crippen molar-refractivity contribution >= 4 is 28.1 Å². The molecule has 1 amide bonds. The van der Waals surface area contributed by atoms with E-state index in [1.807, 2.05) is 18.3 Å². The van der Waals surface area contributed by atoms with Gasteiger partial charge in [0, 0.05) is 18.3 Å². The topological polar surface area (TPSA) is 92.5 Å². The molecule has 0 atom stereocenters. The average molecular weight is 468 g/mol. The van der Waals surface area contributed by atoms with E-state index in [-0.39, 0.29) is 11.3 Å². The highest BCUT2D eigenvalue weighted by atomic mass is 32.1. The van der Waals surface area contributed by atoms with Gasteiger partial charge in [-0.1, -0.05) is 31.3 Å². The number of carbonyl (C=O) groups is 1. The van der Waals surface area contributed by atoms with Crippen LogP contribution in [0.25, 0.3) is 11.1 Å².